The molecule has 3 amide bonds. The summed E-state index contributed by atoms with van der Waals surface area (Å²) in [6.07, 6.45) is 6.81. The van der Waals surface area contributed by atoms with E-state index in [1.54, 1.807) is 4.90 Å². The number of hydrogen-bond acceptors (Lipinski definition) is 7. The minimum atomic E-state index is -1.11. The van der Waals surface area contributed by atoms with Crippen molar-refractivity contribution in [1.29, 1.82) is 0 Å². The fourth-order valence-corrected chi connectivity index (χ4v) is 4.66. The first-order chi connectivity index (χ1) is 15.4. The van der Waals surface area contributed by atoms with Crippen molar-refractivity contribution in [2.45, 2.75) is 75.5 Å². The molecule has 2 fully saturated rings. The molecule has 2 rings (SSSR count). The molecule has 0 spiro atoms. The van der Waals surface area contributed by atoms with E-state index in [1.165, 1.54) is 11.8 Å². The SMILES string of the molecule is CSCCC(NC(=O)C1CCCN1C(=O)C1CCCN1)C(=O)NC(CCCCN)C(=O)O. The second-order valence-electron chi connectivity index (χ2n) is 8.37. The number of carboxylic acids is 1. The first-order valence-electron chi connectivity index (χ1n) is 11.5. The summed E-state index contributed by atoms with van der Waals surface area (Å²) < 4.78 is 0. The van der Waals surface area contributed by atoms with Crippen LogP contribution in [0.5, 0.6) is 0 Å². The number of nitrogens with two attached hydrogens (primary N) is 1. The van der Waals surface area contributed by atoms with Gasteiger partial charge >= 0.3 is 5.97 Å². The van der Waals surface area contributed by atoms with Crippen LogP contribution >= 0.6 is 11.8 Å². The Labute approximate surface area is 193 Å². The third-order valence-electron chi connectivity index (χ3n) is 6.00. The molecule has 0 saturated carbocycles. The fraction of sp³-hybridized carbons (Fsp3) is 0.810. The van der Waals surface area contributed by atoms with E-state index in [9.17, 15) is 24.3 Å². The van der Waals surface area contributed by atoms with Crippen LogP contribution < -0.4 is 21.7 Å². The lowest BCUT2D eigenvalue weighted by molar-refractivity contribution is -0.143. The van der Waals surface area contributed by atoms with Gasteiger partial charge in [0, 0.05) is 6.54 Å². The summed E-state index contributed by atoms with van der Waals surface area (Å²) in [7, 11) is 0. The Balaban J connectivity index is 2.01. The highest BCUT2D eigenvalue weighted by molar-refractivity contribution is 7.98. The summed E-state index contributed by atoms with van der Waals surface area (Å²) in [5.74, 6) is -1.41. The third-order valence-corrected chi connectivity index (χ3v) is 6.65. The van der Waals surface area contributed by atoms with E-state index < -0.39 is 30.0 Å². The van der Waals surface area contributed by atoms with Crippen LogP contribution in [-0.4, -0.2) is 89.5 Å². The van der Waals surface area contributed by atoms with Gasteiger partial charge in [0.25, 0.3) is 0 Å². The molecule has 0 aromatic heterocycles. The molecule has 0 bridgehead atoms. The normalized spacial score (nSPS) is 22.4. The average molecular weight is 472 g/mol. The molecular weight excluding hydrogens is 434 g/mol. The van der Waals surface area contributed by atoms with Crippen molar-refractivity contribution in [3.63, 3.8) is 0 Å². The van der Waals surface area contributed by atoms with Gasteiger partial charge in [0.1, 0.15) is 18.1 Å². The van der Waals surface area contributed by atoms with Crippen molar-refractivity contribution in [2.75, 3.05) is 31.6 Å². The van der Waals surface area contributed by atoms with Crippen LogP contribution in [0.15, 0.2) is 0 Å². The number of rotatable bonds is 13. The van der Waals surface area contributed by atoms with Crippen molar-refractivity contribution < 1.29 is 24.3 Å². The molecule has 4 unspecified atom stereocenters. The Morgan fingerprint density at radius 3 is 2.53 bits per heavy atom. The van der Waals surface area contributed by atoms with Crippen molar-refractivity contribution in [2.24, 2.45) is 5.73 Å². The van der Waals surface area contributed by atoms with Crippen molar-refractivity contribution in [1.82, 2.24) is 20.9 Å². The minimum Gasteiger partial charge on any atom is -0.480 e. The fourth-order valence-electron chi connectivity index (χ4n) is 4.19. The highest BCUT2D eigenvalue weighted by Crippen LogP contribution is 2.21. The number of aliphatic carboxylic acids is 1. The zero-order valence-electron chi connectivity index (χ0n) is 18.8. The molecule has 2 aliphatic rings. The number of carbonyl (C=O) groups excluding carboxylic acids is 3. The molecule has 2 aliphatic heterocycles. The predicted molar refractivity (Wildman–Crippen MR) is 123 cm³/mol. The van der Waals surface area contributed by atoms with Gasteiger partial charge in [0.05, 0.1) is 6.04 Å². The van der Waals surface area contributed by atoms with Gasteiger partial charge in [-0.15, -0.1) is 0 Å². The Morgan fingerprint density at radius 2 is 1.91 bits per heavy atom. The number of nitrogens with zero attached hydrogens (tertiary/aromatic N) is 1. The van der Waals surface area contributed by atoms with Crippen LogP contribution in [0.2, 0.25) is 0 Å². The molecule has 0 aliphatic carbocycles. The predicted octanol–water partition coefficient (Wildman–Crippen LogP) is -0.334. The van der Waals surface area contributed by atoms with Crippen LogP contribution in [0.1, 0.15) is 51.4 Å². The molecule has 10 nitrogen and oxygen atoms in total. The summed E-state index contributed by atoms with van der Waals surface area (Å²) >= 11 is 1.54. The van der Waals surface area contributed by atoms with E-state index >= 15 is 0 Å². The van der Waals surface area contributed by atoms with E-state index in [4.69, 9.17) is 5.73 Å². The molecule has 0 radical (unpaired) electrons. The number of carbonyl (C=O) groups is 4. The summed E-state index contributed by atoms with van der Waals surface area (Å²) in [4.78, 5) is 51.9. The maximum Gasteiger partial charge on any atom is 0.326 e. The average Bonchev–Trinajstić information content (AvgIpc) is 3.47. The molecule has 2 saturated heterocycles. The van der Waals surface area contributed by atoms with Gasteiger partial charge in [-0.2, -0.15) is 11.8 Å². The van der Waals surface area contributed by atoms with Gasteiger partial charge in [-0.1, -0.05) is 0 Å². The second-order valence-corrected chi connectivity index (χ2v) is 9.35. The minimum absolute atomic E-state index is 0.0592. The third kappa shape index (κ3) is 7.63. The van der Waals surface area contributed by atoms with E-state index in [0.29, 0.717) is 44.5 Å². The maximum absolute atomic E-state index is 13.0. The second kappa shape index (κ2) is 13.6. The van der Waals surface area contributed by atoms with E-state index in [2.05, 4.69) is 16.0 Å². The molecule has 2 heterocycles. The van der Waals surface area contributed by atoms with Crippen molar-refractivity contribution >= 4 is 35.5 Å². The van der Waals surface area contributed by atoms with Gasteiger partial charge in [-0.25, -0.2) is 4.79 Å². The molecule has 0 aromatic rings. The monoisotopic (exact) mass is 471 g/mol. The quantitative estimate of drug-likeness (QED) is 0.229. The number of hydrogen-bond donors (Lipinski definition) is 5. The van der Waals surface area contributed by atoms with Crippen molar-refractivity contribution in [3.8, 4) is 0 Å². The number of unbranched alkanes of at least 4 members (excludes halogenated alkanes) is 1. The Kier molecular flexibility index (Phi) is 11.3. The highest BCUT2D eigenvalue weighted by Gasteiger charge is 2.39. The first kappa shape index (κ1) is 26.4. The maximum atomic E-state index is 13.0. The Morgan fingerprint density at radius 1 is 1.12 bits per heavy atom. The smallest absolute Gasteiger partial charge is 0.326 e. The lowest BCUT2D eigenvalue weighted by atomic mass is 10.1. The van der Waals surface area contributed by atoms with Crippen LogP contribution in [0.4, 0.5) is 0 Å². The standard InChI is InChI=1S/C21H37N5O5S/c1-32-13-9-14(18(27)25-16(21(30)31)6-2-3-10-22)24-19(28)17-8-5-12-26(17)20(29)15-7-4-11-23-15/h14-17,23H,2-13,22H2,1H3,(H,24,28)(H,25,27)(H,30,31). The zero-order valence-corrected chi connectivity index (χ0v) is 19.6. The van der Waals surface area contributed by atoms with E-state index in [-0.39, 0.29) is 24.3 Å². The van der Waals surface area contributed by atoms with Gasteiger partial charge in [0.15, 0.2) is 0 Å². The molecule has 32 heavy (non-hydrogen) atoms. The Bertz CT molecular complexity index is 658. The molecule has 4 atom stereocenters. The lowest BCUT2D eigenvalue weighted by Gasteiger charge is -2.28. The van der Waals surface area contributed by atoms with Gasteiger partial charge < -0.3 is 31.7 Å². The first-order valence-corrected chi connectivity index (χ1v) is 12.8. The summed E-state index contributed by atoms with van der Waals surface area (Å²) in [5.41, 5.74) is 5.47. The topological polar surface area (TPSA) is 154 Å². The van der Waals surface area contributed by atoms with Gasteiger partial charge in [-0.3, -0.25) is 14.4 Å². The van der Waals surface area contributed by atoms with Crippen LogP contribution in [0, 0.1) is 0 Å². The van der Waals surface area contributed by atoms with Crippen LogP contribution in [0.3, 0.4) is 0 Å². The van der Waals surface area contributed by atoms with Gasteiger partial charge in [0.2, 0.25) is 17.7 Å². The summed E-state index contributed by atoms with van der Waals surface area (Å²) in [6, 6.07) is -2.73. The molecular formula is C21H37N5O5S. The van der Waals surface area contributed by atoms with Crippen LogP contribution in [-0.2, 0) is 19.2 Å². The van der Waals surface area contributed by atoms with Gasteiger partial charge in [-0.05, 0) is 76.5 Å². The number of likely N-dealkylation sites (tertiary alicyclic amines) is 1. The zero-order chi connectivity index (χ0) is 23.5. The highest BCUT2D eigenvalue weighted by atomic mass is 32.2. The number of carboxylic acid groups (broad SMARTS) is 1. The Hall–Kier alpha value is -1.85. The number of nitrogens with one attached hydrogen (secondary N) is 3. The molecule has 0 aromatic carbocycles. The van der Waals surface area contributed by atoms with Crippen molar-refractivity contribution in [3.05, 3.63) is 0 Å². The summed E-state index contributed by atoms with van der Waals surface area (Å²) in [5, 5.41) is 18.0. The lowest BCUT2D eigenvalue weighted by Crippen LogP contribution is -2.56. The molecule has 182 valence electrons. The molecule has 6 N–H and O–H groups in total. The number of amides is 3. The van der Waals surface area contributed by atoms with Crippen LogP contribution in [0.25, 0.3) is 0 Å². The van der Waals surface area contributed by atoms with E-state index in [0.717, 1.165) is 25.8 Å². The van der Waals surface area contributed by atoms with E-state index in [1.807, 2.05) is 6.26 Å². The number of thioether (sulfide) groups is 1. The largest absolute Gasteiger partial charge is 0.480 e. The molecule has 11 heteroatoms. The summed E-state index contributed by atoms with van der Waals surface area (Å²) in [6.45, 7) is 1.78.